The fourth-order valence-corrected chi connectivity index (χ4v) is 3.58. The summed E-state index contributed by atoms with van der Waals surface area (Å²) in [6.07, 6.45) is 1.55. The summed E-state index contributed by atoms with van der Waals surface area (Å²) in [5.74, 6) is 0.546. The van der Waals surface area contributed by atoms with E-state index in [9.17, 15) is 9.90 Å². The zero-order valence-electron chi connectivity index (χ0n) is 18.8. The first-order chi connectivity index (χ1) is 16.4. The van der Waals surface area contributed by atoms with Crippen LogP contribution >= 0.6 is 11.6 Å². The second-order valence-corrected chi connectivity index (χ2v) is 7.73. The van der Waals surface area contributed by atoms with Crippen molar-refractivity contribution in [1.82, 2.24) is 4.98 Å². The molecule has 2 heterocycles. The van der Waals surface area contributed by atoms with Gasteiger partial charge in [-0.05, 0) is 37.3 Å². The van der Waals surface area contributed by atoms with Gasteiger partial charge in [-0.25, -0.2) is 4.99 Å². The molecule has 0 fully saturated rings. The van der Waals surface area contributed by atoms with Crippen LogP contribution in [0.25, 0.3) is 11.0 Å². The van der Waals surface area contributed by atoms with Crippen LogP contribution in [-0.2, 0) is 6.61 Å². The average molecular weight is 480 g/mol. The van der Waals surface area contributed by atoms with Crippen molar-refractivity contribution in [2.45, 2.75) is 13.5 Å². The predicted molar refractivity (Wildman–Crippen MR) is 129 cm³/mol. The predicted octanol–water partition coefficient (Wildman–Crippen LogP) is 4.78. The topological polar surface area (TPSA) is 106 Å². The highest BCUT2D eigenvalue weighted by atomic mass is 35.5. The summed E-state index contributed by atoms with van der Waals surface area (Å²) in [5, 5.41) is 13.5. The van der Waals surface area contributed by atoms with E-state index in [1.54, 1.807) is 68.8 Å². The van der Waals surface area contributed by atoms with Crippen molar-refractivity contribution >= 4 is 39.9 Å². The van der Waals surface area contributed by atoms with Gasteiger partial charge in [-0.1, -0.05) is 23.7 Å². The number of nitrogens with one attached hydrogen (secondary N) is 1. The van der Waals surface area contributed by atoms with Crippen molar-refractivity contribution in [3.8, 4) is 11.5 Å². The highest BCUT2D eigenvalue weighted by molar-refractivity contribution is 6.33. The van der Waals surface area contributed by atoms with Gasteiger partial charge < -0.3 is 24.3 Å². The molecule has 0 aliphatic heterocycles. The molecule has 34 heavy (non-hydrogen) atoms. The first-order valence-corrected chi connectivity index (χ1v) is 10.7. The van der Waals surface area contributed by atoms with Crippen LogP contribution in [0, 0.1) is 6.92 Å². The number of pyridine rings is 1. The molecule has 0 radical (unpaired) electrons. The molecule has 8 nitrogen and oxygen atoms in total. The molecule has 0 aliphatic rings. The van der Waals surface area contributed by atoms with Gasteiger partial charge in [-0.15, -0.1) is 0 Å². The van der Waals surface area contributed by atoms with Crippen molar-refractivity contribution in [1.29, 1.82) is 0 Å². The van der Waals surface area contributed by atoms with Gasteiger partial charge in [0.2, 0.25) is 5.55 Å². The number of rotatable bonds is 6. The average Bonchev–Trinajstić information content (AvgIpc) is 2.85. The van der Waals surface area contributed by atoms with Gasteiger partial charge in [0.25, 0.3) is 5.91 Å². The molecule has 0 bridgehead atoms. The fraction of sp³-hybridized carbons (Fsp3) is 0.160. The lowest BCUT2D eigenvalue weighted by Crippen LogP contribution is -2.22. The van der Waals surface area contributed by atoms with Crippen molar-refractivity contribution in [3.05, 3.63) is 82.1 Å². The minimum absolute atomic E-state index is 0.0421. The maximum atomic E-state index is 13.3. The van der Waals surface area contributed by atoms with E-state index in [1.807, 2.05) is 0 Å². The van der Waals surface area contributed by atoms with E-state index >= 15 is 0 Å². The van der Waals surface area contributed by atoms with Crippen molar-refractivity contribution in [3.63, 3.8) is 0 Å². The van der Waals surface area contributed by atoms with E-state index in [0.29, 0.717) is 50.1 Å². The number of para-hydroxylation sites is 1. The SMILES string of the molecule is COc1ccc(N=c2oc3c(C)ncc(CO)c3cc2C(=O)Nc2ccccc2Cl)c(OC)c1. The number of ether oxygens (including phenoxy) is 2. The van der Waals surface area contributed by atoms with Gasteiger partial charge in [-0.2, -0.15) is 0 Å². The number of benzene rings is 2. The first kappa shape index (κ1) is 23.3. The lowest BCUT2D eigenvalue weighted by Gasteiger charge is -2.11. The second-order valence-electron chi connectivity index (χ2n) is 7.32. The largest absolute Gasteiger partial charge is 0.497 e. The molecule has 0 aliphatic carbocycles. The van der Waals surface area contributed by atoms with Crippen LogP contribution in [0.3, 0.4) is 0 Å². The lowest BCUT2D eigenvalue weighted by molar-refractivity contribution is 0.102. The van der Waals surface area contributed by atoms with Gasteiger partial charge in [0.1, 0.15) is 22.7 Å². The Kier molecular flexibility index (Phi) is 6.81. The Morgan fingerprint density at radius 3 is 2.68 bits per heavy atom. The molecule has 2 N–H and O–H groups in total. The highest BCUT2D eigenvalue weighted by Gasteiger charge is 2.18. The minimum atomic E-state index is -0.483. The summed E-state index contributed by atoms with van der Waals surface area (Å²) in [5.41, 5.74) is 2.57. The van der Waals surface area contributed by atoms with Gasteiger partial charge in [0, 0.05) is 23.2 Å². The summed E-state index contributed by atoms with van der Waals surface area (Å²) >= 11 is 6.23. The third-order valence-electron chi connectivity index (χ3n) is 5.20. The molecular weight excluding hydrogens is 458 g/mol. The second kappa shape index (κ2) is 9.94. The van der Waals surface area contributed by atoms with E-state index < -0.39 is 5.91 Å². The highest BCUT2D eigenvalue weighted by Crippen LogP contribution is 2.31. The molecule has 0 saturated heterocycles. The van der Waals surface area contributed by atoms with Crippen LogP contribution in [0.2, 0.25) is 5.02 Å². The number of hydrogen-bond acceptors (Lipinski definition) is 7. The van der Waals surface area contributed by atoms with Crippen molar-refractivity contribution in [2.24, 2.45) is 4.99 Å². The molecular formula is C25H22ClN3O5. The van der Waals surface area contributed by atoms with E-state index in [1.165, 1.54) is 7.11 Å². The molecule has 4 rings (SSSR count). The Balaban J connectivity index is 1.96. The van der Waals surface area contributed by atoms with Gasteiger partial charge in [0.15, 0.2) is 5.58 Å². The number of halogens is 1. The number of nitrogens with zero attached hydrogens (tertiary/aromatic N) is 2. The number of aromatic nitrogens is 1. The maximum Gasteiger partial charge on any atom is 0.261 e. The van der Waals surface area contributed by atoms with Crippen LogP contribution in [0.1, 0.15) is 21.6 Å². The summed E-state index contributed by atoms with van der Waals surface area (Å²) in [6, 6.07) is 13.6. The number of carbonyl (C=O) groups excluding carboxylic acids is 1. The molecule has 1 amide bonds. The summed E-state index contributed by atoms with van der Waals surface area (Å²) in [6.45, 7) is 1.50. The molecule has 0 atom stereocenters. The zero-order chi connectivity index (χ0) is 24.2. The first-order valence-electron chi connectivity index (χ1n) is 10.3. The number of amides is 1. The zero-order valence-corrected chi connectivity index (χ0v) is 19.5. The van der Waals surface area contributed by atoms with E-state index in [2.05, 4.69) is 15.3 Å². The number of aryl methyl sites for hydroxylation is 1. The molecule has 9 heteroatoms. The van der Waals surface area contributed by atoms with Gasteiger partial charge in [0.05, 0.1) is 37.2 Å². The standard InChI is InChI=1S/C25H22ClN3O5/c1-14-23-17(15(13-30)12-27-14)11-18(24(31)28-20-7-5-4-6-19(20)26)25(34-23)29-21-9-8-16(32-2)10-22(21)33-3/h4-12,30H,13H2,1-3H3,(H,28,31). The smallest absolute Gasteiger partial charge is 0.261 e. The van der Waals surface area contributed by atoms with E-state index in [0.717, 1.165) is 0 Å². The van der Waals surface area contributed by atoms with Crippen LogP contribution in [0.4, 0.5) is 11.4 Å². The third kappa shape index (κ3) is 4.59. The Labute approximate surface area is 200 Å². The third-order valence-corrected chi connectivity index (χ3v) is 5.53. The van der Waals surface area contributed by atoms with Crippen molar-refractivity contribution < 1.29 is 23.8 Å². The fourth-order valence-electron chi connectivity index (χ4n) is 3.40. The van der Waals surface area contributed by atoms with Crippen LogP contribution in [-0.4, -0.2) is 30.2 Å². The Morgan fingerprint density at radius 1 is 1.18 bits per heavy atom. The molecule has 0 unspecified atom stereocenters. The Hall–Kier alpha value is -3.88. The minimum Gasteiger partial charge on any atom is -0.497 e. The van der Waals surface area contributed by atoms with Gasteiger partial charge in [-0.3, -0.25) is 9.78 Å². The number of anilines is 1. The number of methoxy groups -OCH3 is 2. The van der Waals surface area contributed by atoms with Crippen LogP contribution in [0.15, 0.2) is 64.1 Å². The molecule has 2 aromatic carbocycles. The van der Waals surface area contributed by atoms with Crippen LogP contribution in [0.5, 0.6) is 11.5 Å². The van der Waals surface area contributed by atoms with E-state index in [-0.39, 0.29) is 17.7 Å². The Bertz CT molecular complexity index is 1450. The Morgan fingerprint density at radius 2 is 1.97 bits per heavy atom. The maximum absolute atomic E-state index is 13.3. The van der Waals surface area contributed by atoms with Crippen LogP contribution < -0.4 is 20.3 Å². The molecule has 0 saturated carbocycles. The van der Waals surface area contributed by atoms with Crippen molar-refractivity contribution in [2.75, 3.05) is 19.5 Å². The summed E-state index contributed by atoms with van der Waals surface area (Å²) in [4.78, 5) is 22.2. The van der Waals surface area contributed by atoms with Gasteiger partial charge >= 0.3 is 0 Å². The molecule has 4 aromatic rings. The quantitative estimate of drug-likeness (QED) is 0.412. The number of fused-ring (bicyclic) bond motifs is 1. The summed E-state index contributed by atoms with van der Waals surface area (Å²) < 4.78 is 16.8. The molecule has 174 valence electrons. The molecule has 0 spiro atoms. The number of aliphatic hydroxyl groups excluding tert-OH is 1. The summed E-state index contributed by atoms with van der Waals surface area (Å²) in [7, 11) is 3.06. The lowest BCUT2D eigenvalue weighted by atomic mass is 10.1. The number of hydrogen-bond donors (Lipinski definition) is 2. The normalized spacial score (nSPS) is 11.5. The molecule has 2 aromatic heterocycles. The van der Waals surface area contributed by atoms with E-state index in [4.69, 9.17) is 25.5 Å². The number of carbonyl (C=O) groups is 1. The number of aliphatic hydroxyl groups is 1. The monoisotopic (exact) mass is 479 g/mol.